The average Bonchev–Trinajstić information content (AvgIpc) is 2.37. The molecule has 0 saturated heterocycles. The number of aromatic nitrogens is 1. The van der Waals surface area contributed by atoms with E-state index >= 15 is 0 Å². The van der Waals surface area contributed by atoms with Crippen LogP contribution < -0.4 is 5.32 Å². The predicted octanol–water partition coefficient (Wildman–Crippen LogP) is 4.04. The molecule has 0 aliphatic heterocycles. The van der Waals surface area contributed by atoms with Crippen LogP contribution in [0.25, 0.3) is 11.1 Å². The molecule has 4 heteroatoms. The monoisotopic (exact) mass is 278 g/mol. The largest absolute Gasteiger partial charge is 0.310 e. The van der Waals surface area contributed by atoms with Gasteiger partial charge in [0.05, 0.1) is 6.20 Å². The second-order valence-corrected chi connectivity index (χ2v) is 5.13. The second-order valence-electron chi connectivity index (χ2n) is 4.69. The van der Waals surface area contributed by atoms with Gasteiger partial charge >= 0.3 is 0 Å². The van der Waals surface area contributed by atoms with Gasteiger partial charge in [0.25, 0.3) is 0 Å². The summed E-state index contributed by atoms with van der Waals surface area (Å²) in [5, 5.41) is 3.93. The maximum Gasteiger partial charge on any atom is 0.149 e. The fourth-order valence-corrected chi connectivity index (χ4v) is 2.03. The Balaban J connectivity index is 2.43. The Morgan fingerprint density at radius 1 is 1.26 bits per heavy atom. The molecule has 0 aliphatic carbocycles. The van der Waals surface area contributed by atoms with Crippen molar-refractivity contribution in [1.82, 2.24) is 10.3 Å². The van der Waals surface area contributed by atoms with Gasteiger partial charge in [-0.05, 0) is 29.3 Å². The molecule has 2 aromatic rings. The van der Waals surface area contributed by atoms with Crippen LogP contribution in [0.5, 0.6) is 0 Å². The molecule has 0 atom stereocenters. The van der Waals surface area contributed by atoms with Crippen molar-refractivity contribution in [3.63, 3.8) is 0 Å². The minimum Gasteiger partial charge on any atom is -0.310 e. The Hall–Kier alpha value is -1.45. The van der Waals surface area contributed by atoms with Gasteiger partial charge in [0.1, 0.15) is 5.82 Å². The quantitative estimate of drug-likeness (QED) is 0.913. The third kappa shape index (κ3) is 3.52. The molecule has 0 bridgehead atoms. The highest BCUT2D eigenvalue weighted by molar-refractivity contribution is 6.30. The molecule has 1 aromatic heterocycles. The lowest BCUT2D eigenvalue weighted by Gasteiger charge is -2.13. The smallest absolute Gasteiger partial charge is 0.149 e. The molecule has 0 saturated carbocycles. The number of hydrogen-bond acceptors (Lipinski definition) is 2. The van der Waals surface area contributed by atoms with Crippen LogP contribution >= 0.6 is 11.6 Å². The zero-order valence-electron chi connectivity index (χ0n) is 11.0. The van der Waals surface area contributed by atoms with Crippen molar-refractivity contribution in [3.8, 4) is 11.1 Å². The summed E-state index contributed by atoms with van der Waals surface area (Å²) in [5.41, 5.74) is 2.35. The summed E-state index contributed by atoms with van der Waals surface area (Å²) in [6, 6.07) is 7.57. The molecule has 2 nitrogen and oxygen atoms in total. The highest BCUT2D eigenvalue weighted by Crippen LogP contribution is 2.28. The van der Waals surface area contributed by atoms with E-state index in [0.717, 1.165) is 11.1 Å². The maximum atomic E-state index is 13.9. The van der Waals surface area contributed by atoms with Crippen molar-refractivity contribution in [2.24, 2.45) is 0 Å². The van der Waals surface area contributed by atoms with E-state index in [9.17, 15) is 4.39 Å². The van der Waals surface area contributed by atoms with Gasteiger partial charge in [0.15, 0.2) is 0 Å². The number of rotatable bonds is 4. The zero-order chi connectivity index (χ0) is 13.8. The van der Waals surface area contributed by atoms with Crippen molar-refractivity contribution < 1.29 is 4.39 Å². The van der Waals surface area contributed by atoms with Gasteiger partial charge in [-0.25, -0.2) is 4.39 Å². The number of nitrogens with one attached hydrogen (secondary N) is 1. The molecule has 0 spiro atoms. The summed E-state index contributed by atoms with van der Waals surface area (Å²) in [5.74, 6) is -0.337. The van der Waals surface area contributed by atoms with E-state index in [1.807, 2.05) is 12.1 Å². The first-order valence-electron chi connectivity index (χ1n) is 6.19. The lowest BCUT2D eigenvalue weighted by Crippen LogP contribution is -2.22. The molecule has 0 fully saturated rings. The fourth-order valence-electron chi connectivity index (χ4n) is 1.86. The van der Waals surface area contributed by atoms with Gasteiger partial charge in [-0.15, -0.1) is 0 Å². The molecule has 100 valence electrons. The molecule has 0 amide bonds. The van der Waals surface area contributed by atoms with Crippen LogP contribution in [0.3, 0.4) is 0 Å². The predicted molar refractivity (Wildman–Crippen MR) is 76.6 cm³/mol. The number of benzene rings is 1. The second kappa shape index (κ2) is 6.13. The van der Waals surface area contributed by atoms with Crippen LogP contribution in [0.1, 0.15) is 19.4 Å². The minimum atomic E-state index is -0.337. The van der Waals surface area contributed by atoms with Gasteiger partial charge in [0, 0.05) is 29.4 Å². The van der Waals surface area contributed by atoms with Gasteiger partial charge < -0.3 is 5.32 Å². The topological polar surface area (TPSA) is 24.9 Å². The summed E-state index contributed by atoms with van der Waals surface area (Å²) in [7, 11) is 0. The molecule has 0 radical (unpaired) electrons. The van der Waals surface area contributed by atoms with Crippen LogP contribution in [0.15, 0.2) is 36.7 Å². The summed E-state index contributed by atoms with van der Waals surface area (Å²) in [4.78, 5) is 3.77. The molecule has 1 aromatic carbocycles. The SMILES string of the molecule is CC(C)NCc1ccc(Cl)cc1-c1ccncc1F. The zero-order valence-corrected chi connectivity index (χ0v) is 11.7. The Kier molecular flexibility index (Phi) is 4.51. The first-order chi connectivity index (χ1) is 9.08. The standard InChI is InChI=1S/C15H16ClFN2/c1-10(2)19-8-11-3-4-12(16)7-14(11)13-5-6-18-9-15(13)17/h3-7,9-10,19H,8H2,1-2H3. The van der Waals surface area contributed by atoms with Crippen molar-refractivity contribution in [2.45, 2.75) is 26.4 Å². The Bertz CT molecular complexity index is 570. The van der Waals surface area contributed by atoms with Crippen molar-refractivity contribution in [2.75, 3.05) is 0 Å². The van der Waals surface area contributed by atoms with E-state index in [1.165, 1.54) is 6.20 Å². The van der Waals surface area contributed by atoms with E-state index in [2.05, 4.69) is 24.1 Å². The first-order valence-corrected chi connectivity index (χ1v) is 6.57. The average molecular weight is 279 g/mol. The highest BCUT2D eigenvalue weighted by atomic mass is 35.5. The van der Waals surface area contributed by atoms with E-state index < -0.39 is 0 Å². The highest BCUT2D eigenvalue weighted by Gasteiger charge is 2.10. The summed E-state index contributed by atoms with van der Waals surface area (Å²) < 4.78 is 13.9. The fraction of sp³-hybridized carbons (Fsp3) is 0.267. The molecular weight excluding hydrogens is 263 g/mol. The minimum absolute atomic E-state index is 0.337. The van der Waals surface area contributed by atoms with Gasteiger partial charge in [-0.1, -0.05) is 31.5 Å². The molecule has 0 aliphatic rings. The lowest BCUT2D eigenvalue weighted by molar-refractivity contribution is 0.588. The summed E-state index contributed by atoms with van der Waals surface area (Å²) in [6.45, 7) is 4.82. The molecule has 1 heterocycles. The van der Waals surface area contributed by atoms with E-state index in [-0.39, 0.29) is 5.82 Å². The Labute approximate surface area is 117 Å². The lowest BCUT2D eigenvalue weighted by atomic mass is 10.00. The van der Waals surface area contributed by atoms with E-state index in [1.54, 1.807) is 18.3 Å². The van der Waals surface area contributed by atoms with Crippen molar-refractivity contribution >= 4 is 11.6 Å². The molecule has 1 N–H and O–H groups in total. The van der Waals surface area contributed by atoms with E-state index in [0.29, 0.717) is 23.2 Å². The van der Waals surface area contributed by atoms with Gasteiger partial charge in [-0.3, -0.25) is 4.98 Å². The van der Waals surface area contributed by atoms with Crippen LogP contribution in [0.4, 0.5) is 4.39 Å². The number of pyridine rings is 1. The summed E-state index contributed by atoms with van der Waals surface area (Å²) >= 11 is 6.02. The number of hydrogen-bond donors (Lipinski definition) is 1. The number of nitrogens with zero attached hydrogens (tertiary/aromatic N) is 1. The van der Waals surface area contributed by atoms with Crippen LogP contribution in [-0.4, -0.2) is 11.0 Å². The molecule has 19 heavy (non-hydrogen) atoms. The normalized spacial score (nSPS) is 11.0. The molecular formula is C15H16ClFN2. The molecule has 0 unspecified atom stereocenters. The maximum absolute atomic E-state index is 13.9. The first kappa shape index (κ1) is 14.0. The Morgan fingerprint density at radius 3 is 2.74 bits per heavy atom. The van der Waals surface area contributed by atoms with Crippen LogP contribution in [0.2, 0.25) is 5.02 Å². The van der Waals surface area contributed by atoms with Crippen LogP contribution in [-0.2, 0) is 6.54 Å². The Morgan fingerprint density at radius 2 is 2.05 bits per heavy atom. The third-order valence-corrected chi connectivity index (χ3v) is 3.07. The summed E-state index contributed by atoms with van der Waals surface area (Å²) in [6.07, 6.45) is 2.80. The van der Waals surface area contributed by atoms with Crippen LogP contribution in [0, 0.1) is 5.82 Å². The van der Waals surface area contributed by atoms with Crippen molar-refractivity contribution in [1.29, 1.82) is 0 Å². The number of halogens is 2. The van der Waals surface area contributed by atoms with Gasteiger partial charge in [-0.2, -0.15) is 0 Å². The molecule has 2 rings (SSSR count). The van der Waals surface area contributed by atoms with Crippen molar-refractivity contribution in [3.05, 3.63) is 53.1 Å². The third-order valence-electron chi connectivity index (χ3n) is 2.84. The van der Waals surface area contributed by atoms with E-state index in [4.69, 9.17) is 11.6 Å². The van der Waals surface area contributed by atoms with Gasteiger partial charge in [0.2, 0.25) is 0 Å².